The van der Waals surface area contributed by atoms with Crippen LogP contribution in [0.5, 0.6) is 5.75 Å². The Kier molecular flexibility index (Phi) is 3.86. The van der Waals surface area contributed by atoms with E-state index >= 15 is 0 Å². The highest BCUT2D eigenvalue weighted by Crippen LogP contribution is 2.34. The zero-order chi connectivity index (χ0) is 14.0. The molecule has 1 atom stereocenters. The van der Waals surface area contributed by atoms with Gasteiger partial charge in [0, 0.05) is 18.0 Å². The van der Waals surface area contributed by atoms with Gasteiger partial charge in [-0.2, -0.15) is 0 Å². The molecule has 0 aliphatic carbocycles. The third-order valence-corrected chi connectivity index (χ3v) is 3.56. The van der Waals surface area contributed by atoms with Crippen molar-refractivity contribution >= 4 is 0 Å². The summed E-state index contributed by atoms with van der Waals surface area (Å²) in [6.45, 7) is 5.98. The second-order valence-corrected chi connectivity index (χ2v) is 4.76. The van der Waals surface area contributed by atoms with E-state index < -0.39 is 6.10 Å². The zero-order valence-electron chi connectivity index (χ0n) is 11.8. The van der Waals surface area contributed by atoms with Gasteiger partial charge < -0.3 is 9.84 Å². The second-order valence-electron chi connectivity index (χ2n) is 4.76. The van der Waals surface area contributed by atoms with Crippen LogP contribution in [0.15, 0.2) is 30.6 Å². The molecular weight excluding hydrogens is 238 g/mol. The zero-order valence-corrected chi connectivity index (χ0v) is 11.8. The smallest absolute Gasteiger partial charge is 0.128 e. The van der Waals surface area contributed by atoms with Crippen molar-refractivity contribution in [2.24, 2.45) is 0 Å². The summed E-state index contributed by atoms with van der Waals surface area (Å²) >= 11 is 0. The van der Waals surface area contributed by atoms with Crippen molar-refractivity contribution in [2.75, 3.05) is 7.11 Å². The van der Waals surface area contributed by atoms with E-state index in [9.17, 15) is 5.11 Å². The van der Waals surface area contributed by atoms with Gasteiger partial charge in [-0.05, 0) is 49.1 Å². The van der Waals surface area contributed by atoms with Gasteiger partial charge in [-0.3, -0.25) is 4.98 Å². The Labute approximate surface area is 113 Å². The lowest BCUT2D eigenvalue weighted by Crippen LogP contribution is -2.06. The van der Waals surface area contributed by atoms with E-state index in [4.69, 9.17) is 4.74 Å². The van der Waals surface area contributed by atoms with Crippen LogP contribution in [0.1, 0.15) is 33.9 Å². The largest absolute Gasteiger partial charge is 0.496 e. The normalized spacial score (nSPS) is 12.3. The highest BCUT2D eigenvalue weighted by Gasteiger charge is 2.19. The Morgan fingerprint density at radius 2 is 1.79 bits per heavy atom. The molecule has 0 amide bonds. The molecule has 0 aliphatic rings. The molecule has 0 fully saturated rings. The first-order valence-electron chi connectivity index (χ1n) is 6.29. The Hall–Kier alpha value is -1.87. The number of pyridine rings is 1. The molecule has 100 valence electrons. The number of aliphatic hydroxyl groups excluding tert-OH is 1. The van der Waals surface area contributed by atoms with E-state index in [0.717, 1.165) is 33.6 Å². The van der Waals surface area contributed by atoms with E-state index in [-0.39, 0.29) is 0 Å². The summed E-state index contributed by atoms with van der Waals surface area (Å²) in [4.78, 5) is 4.05. The van der Waals surface area contributed by atoms with E-state index in [0.29, 0.717) is 0 Å². The van der Waals surface area contributed by atoms with Crippen LogP contribution in [0.25, 0.3) is 0 Å². The molecule has 1 heterocycles. The lowest BCUT2D eigenvalue weighted by molar-refractivity contribution is 0.213. The Balaban J connectivity index is 2.53. The average Bonchev–Trinajstić information content (AvgIpc) is 2.41. The van der Waals surface area contributed by atoms with Crippen LogP contribution in [-0.4, -0.2) is 17.2 Å². The summed E-state index contributed by atoms with van der Waals surface area (Å²) in [5.41, 5.74) is 4.83. The minimum Gasteiger partial charge on any atom is -0.496 e. The molecule has 0 aliphatic heterocycles. The van der Waals surface area contributed by atoms with Gasteiger partial charge in [0.2, 0.25) is 0 Å². The molecule has 0 bridgehead atoms. The van der Waals surface area contributed by atoms with Crippen molar-refractivity contribution in [3.63, 3.8) is 0 Å². The molecule has 19 heavy (non-hydrogen) atoms. The van der Waals surface area contributed by atoms with Gasteiger partial charge in [0.1, 0.15) is 11.9 Å². The number of hydrogen-bond acceptors (Lipinski definition) is 3. The minimum atomic E-state index is -0.697. The maximum absolute atomic E-state index is 10.6. The SMILES string of the molecule is COc1c(C(O)c2ccncc2C)ccc(C)c1C. The molecule has 3 nitrogen and oxygen atoms in total. The molecule has 0 saturated carbocycles. The quantitative estimate of drug-likeness (QED) is 0.918. The number of benzene rings is 1. The second kappa shape index (κ2) is 5.41. The topological polar surface area (TPSA) is 42.4 Å². The molecule has 0 radical (unpaired) electrons. The first-order chi connectivity index (χ1) is 9.06. The fraction of sp³-hybridized carbons (Fsp3) is 0.312. The van der Waals surface area contributed by atoms with Crippen LogP contribution in [0.3, 0.4) is 0 Å². The van der Waals surface area contributed by atoms with Gasteiger partial charge >= 0.3 is 0 Å². The number of methoxy groups -OCH3 is 1. The number of nitrogens with zero attached hydrogens (tertiary/aromatic N) is 1. The van der Waals surface area contributed by atoms with Gasteiger partial charge in [0.25, 0.3) is 0 Å². The van der Waals surface area contributed by atoms with Crippen molar-refractivity contribution < 1.29 is 9.84 Å². The fourth-order valence-electron chi connectivity index (χ4n) is 2.26. The highest BCUT2D eigenvalue weighted by atomic mass is 16.5. The number of aromatic nitrogens is 1. The predicted octanol–water partition coefficient (Wildman–Crippen LogP) is 3.10. The third kappa shape index (κ3) is 2.47. The Morgan fingerprint density at radius 3 is 2.42 bits per heavy atom. The number of aliphatic hydroxyl groups is 1. The maximum atomic E-state index is 10.6. The molecule has 2 rings (SSSR count). The van der Waals surface area contributed by atoms with Gasteiger partial charge in [-0.15, -0.1) is 0 Å². The summed E-state index contributed by atoms with van der Waals surface area (Å²) < 4.78 is 5.46. The van der Waals surface area contributed by atoms with Crippen molar-refractivity contribution in [3.8, 4) is 5.75 Å². The number of aryl methyl sites for hydroxylation is 2. The summed E-state index contributed by atoms with van der Waals surface area (Å²) in [5.74, 6) is 0.753. The number of hydrogen-bond donors (Lipinski definition) is 1. The molecular formula is C16H19NO2. The van der Waals surface area contributed by atoms with Gasteiger partial charge in [-0.1, -0.05) is 12.1 Å². The maximum Gasteiger partial charge on any atom is 0.128 e. The standard InChI is InChI=1S/C16H19NO2/c1-10-5-6-14(16(19-4)12(10)3)15(18)13-7-8-17-9-11(13)2/h5-9,15,18H,1-4H3. The first kappa shape index (κ1) is 13.6. The van der Waals surface area contributed by atoms with Gasteiger partial charge in [-0.25, -0.2) is 0 Å². The molecule has 1 N–H and O–H groups in total. The summed E-state index contributed by atoms with van der Waals surface area (Å²) in [5, 5.41) is 10.6. The molecule has 2 aromatic rings. The van der Waals surface area contributed by atoms with E-state index in [1.165, 1.54) is 0 Å². The third-order valence-electron chi connectivity index (χ3n) is 3.56. The Bertz CT molecular complexity index is 593. The molecule has 1 unspecified atom stereocenters. The van der Waals surface area contributed by atoms with E-state index in [1.54, 1.807) is 19.5 Å². The molecule has 0 spiro atoms. The van der Waals surface area contributed by atoms with Crippen LogP contribution in [0, 0.1) is 20.8 Å². The lowest BCUT2D eigenvalue weighted by atomic mass is 9.95. The van der Waals surface area contributed by atoms with E-state index in [1.807, 2.05) is 39.0 Å². The van der Waals surface area contributed by atoms with Crippen molar-refractivity contribution in [3.05, 3.63) is 58.4 Å². The lowest BCUT2D eigenvalue weighted by Gasteiger charge is -2.19. The van der Waals surface area contributed by atoms with Crippen LogP contribution in [0.4, 0.5) is 0 Å². The van der Waals surface area contributed by atoms with Gasteiger partial charge in [0.05, 0.1) is 7.11 Å². The number of ether oxygens (including phenoxy) is 1. The van der Waals surface area contributed by atoms with Crippen molar-refractivity contribution in [1.82, 2.24) is 4.98 Å². The summed E-state index contributed by atoms with van der Waals surface area (Å²) in [6.07, 6.45) is 2.75. The molecule has 0 saturated heterocycles. The molecule has 1 aromatic heterocycles. The van der Waals surface area contributed by atoms with Crippen LogP contribution in [0.2, 0.25) is 0 Å². The average molecular weight is 257 g/mol. The van der Waals surface area contributed by atoms with E-state index in [2.05, 4.69) is 4.98 Å². The summed E-state index contributed by atoms with van der Waals surface area (Å²) in [6, 6.07) is 5.77. The Morgan fingerprint density at radius 1 is 1.05 bits per heavy atom. The molecule has 1 aromatic carbocycles. The minimum absolute atomic E-state index is 0.697. The summed E-state index contributed by atoms with van der Waals surface area (Å²) in [7, 11) is 1.64. The van der Waals surface area contributed by atoms with Crippen LogP contribution in [-0.2, 0) is 0 Å². The van der Waals surface area contributed by atoms with Crippen molar-refractivity contribution in [2.45, 2.75) is 26.9 Å². The fourth-order valence-corrected chi connectivity index (χ4v) is 2.26. The predicted molar refractivity (Wildman–Crippen MR) is 75.5 cm³/mol. The highest BCUT2D eigenvalue weighted by molar-refractivity contribution is 5.49. The number of rotatable bonds is 3. The van der Waals surface area contributed by atoms with Crippen LogP contribution >= 0.6 is 0 Å². The first-order valence-corrected chi connectivity index (χ1v) is 6.29. The van der Waals surface area contributed by atoms with Crippen LogP contribution < -0.4 is 4.74 Å². The molecule has 3 heteroatoms. The monoisotopic (exact) mass is 257 g/mol. The van der Waals surface area contributed by atoms with Crippen molar-refractivity contribution in [1.29, 1.82) is 0 Å². The van der Waals surface area contributed by atoms with Gasteiger partial charge in [0.15, 0.2) is 0 Å².